The van der Waals surface area contributed by atoms with Gasteiger partial charge in [0.25, 0.3) is 0 Å². The molecule has 3 nitrogen and oxygen atoms in total. The molecule has 0 saturated heterocycles. The molecule has 0 aromatic heterocycles. The number of halogens is 3. The molecule has 0 spiro atoms. The number of rotatable bonds is 5. The lowest BCUT2D eigenvalue weighted by molar-refractivity contribution is -0.274. The Kier molecular flexibility index (Phi) is 6.03. The Hall–Kier alpha value is -2.28. The molecule has 0 aliphatic heterocycles. The van der Waals surface area contributed by atoms with E-state index < -0.39 is 6.36 Å². The summed E-state index contributed by atoms with van der Waals surface area (Å²) in [7, 11) is 0. The van der Waals surface area contributed by atoms with Gasteiger partial charge < -0.3 is 15.4 Å². The summed E-state index contributed by atoms with van der Waals surface area (Å²) in [5.74, 6) is -0.00172. The van der Waals surface area contributed by atoms with Crippen molar-refractivity contribution in [3.63, 3.8) is 0 Å². The minimum Gasteiger partial charge on any atom is -0.406 e. The van der Waals surface area contributed by atoms with Gasteiger partial charge in [-0.05, 0) is 48.0 Å². The van der Waals surface area contributed by atoms with E-state index in [1.807, 2.05) is 30.3 Å². The van der Waals surface area contributed by atoms with Gasteiger partial charge in [0.15, 0.2) is 5.11 Å². The summed E-state index contributed by atoms with van der Waals surface area (Å²) in [6.45, 7) is 2.72. The van der Waals surface area contributed by atoms with E-state index in [4.69, 9.17) is 12.2 Å². The minimum atomic E-state index is -4.70. The van der Waals surface area contributed by atoms with Crippen molar-refractivity contribution in [3.8, 4) is 5.75 Å². The first-order chi connectivity index (χ1) is 11.3. The number of ether oxygens (including phenoxy) is 1. The van der Waals surface area contributed by atoms with E-state index in [2.05, 4.69) is 22.3 Å². The molecule has 0 radical (unpaired) electrons. The summed E-state index contributed by atoms with van der Waals surface area (Å²) in [5, 5.41) is 6.42. The van der Waals surface area contributed by atoms with Gasteiger partial charge in [0.1, 0.15) is 5.75 Å². The Bertz CT molecular complexity index is 660. The van der Waals surface area contributed by atoms with Crippen molar-refractivity contribution in [1.82, 2.24) is 5.32 Å². The Morgan fingerprint density at radius 1 is 1.08 bits per heavy atom. The van der Waals surface area contributed by atoms with Crippen LogP contribution in [0.1, 0.15) is 18.4 Å². The van der Waals surface area contributed by atoms with Crippen LogP contribution >= 0.6 is 12.2 Å². The highest BCUT2D eigenvalue weighted by atomic mass is 32.1. The largest absolute Gasteiger partial charge is 0.573 e. The third kappa shape index (κ3) is 6.08. The highest BCUT2D eigenvalue weighted by Crippen LogP contribution is 2.23. The molecule has 0 unspecified atom stereocenters. The van der Waals surface area contributed by atoms with Gasteiger partial charge in [-0.3, -0.25) is 0 Å². The quantitative estimate of drug-likeness (QED) is 0.764. The van der Waals surface area contributed by atoms with Crippen LogP contribution in [0.2, 0.25) is 0 Å². The van der Waals surface area contributed by atoms with Crippen molar-refractivity contribution < 1.29 is 17.9 Å². The zero-order valence-electron chi connectivity index (χ0n) is 12.9. The van der Waals surface area contributed by atoms with Crippen molar-refractivity contribution in [3.05, 3.63) is 60.2 Å². The summed E-state index contributed by atoms with van der Waals surface area (Å²) < 4.78 is 40.1. The second kappa shape index (κ2) is 8.01. The number of nitrogens with one attached hydrogen (secondary N) is 2. The number of hydrogen-bond donors (Lipinski definition) is 2. The summed E-state index contributed by atoms with van der Waals surface area (Å²) in [6, 6.07) is 15.4. The van der Waals surface area contributed by atoms with Gasteiger partial charge in [0.2, 0.25) is 0 Å². The van der Waals surface area contributed by atoms with Crippen LogP contribution in [0.5, 0.6) is 5.75 Å². The molecule has 0 amide bonds. The SMILES string of the molecule is C[C@@H](CNC(=S)Nc1ccc(OC(F)(F)F)cc1)c1ccccc1. The lowest BCUT2D eigenvalue weighted by Gasteiger charge is -2.16. The highest BCUT2D eigenvalue weighted by Gasteiger charge is 2.30. The van der Waals surface area contributed by atoms with Crippen LogP contribution in [-0.2, 0) is 0 Å². The molecule has 2 aromatic rings. The van der Waals surface area contributed by atoms with Gasteiger partial charge in [0.05, 0.1) is 0 Å². The van der Waals surface area contributed by atoms with Crippen molar-refractivity contribution >= 4 is 23.0 Å². The standard InChI is InChI=1S/C17H17F3N2OS/c1-12(13-5-3-2-4-6-13)11-21-16(24)22-14-7-9-15(10-8-14)23-17(18,19)20/h2-10,12H,11H2,1H3,(H2,21,22,24)/t12-/m0/s1. The second-order valence-corrected chi connectivity index (χ2v) is 5.63. The van der Waals surface area contributed by atoms with E-state index in [-0.39, 0.29) is 11.7 Å². The fourth-order valence-corrected chi connectivity index (χ4v) is 2.26. The fraction of sp³-hybridized carbons (Fsp3) is 0.235. The molecule has 0 bridgehead atoms. The smallest absolute Gasteiger partial charge is 0.406 e. The lowest BCUT2D eigenvalue weighted by atomic mass is 10.0. The van der Waals surface area contributed by atoms with Gasteiger partial charge in [-0.15, -0.1) is 13.2 Å². The van der Waals surface area contributed by atoms with Crippen molar-refractivity contribution in [1.29, 1.82) is 0 Å². The molecule has 2 rings (SSSR count). The van der Waals surface area contributed by atoms with E-state index >= 15 is 0 Å². The Balaban J connectivity index is 1.82. The topological polar surface area (TPSA) is 33.3 Å². The van der Waals surface area contributed by atoms with Crippen LogP contribution in [0.3, 0.4) is 0 Å². The average molecular weight is 354 g/mol. The van der Waals surface area contributed by atoms with Crippen LogP contribution in [0.4, 0.5) is 18.9 Å². The Morgan fingerprint density at radius 3 is 2.29 bits per heavy atom. The number of anilines is 1. The normalized spacial score (nSPS) is 12.3. The number of hydrogen-bond acceptors (Lipinski definition) is 2. The van der Waals surface area contributed by atoms with Crippen LogP contribution in [0.25, 0.3) is 0 Å². The van der Waals surface area contributed by atoms with Gasteiger partial charge in [-0.1, -0.05) is 37.3 Å². The number of benzene rings is 2. The molecule has 0 saturated carbocycles. The van der Waals surface area contributed by atoms with E-state index in [0.717, 1.165) is 0 Å². The molecule has 0 aliphatic carbocycles. The van der Waals surface area contributed by atoms with Gasteiger partial charge >= 0.3 is 6.36 Å². The Morgan fingerprint density at radius 2 is 1.71 bits per heavy atom. The zero-order chi connectivity index (χ0) is 17.6. The molecular formula is C17H17F3N2OS. The highest BCUT2D eigenvalue weighted by molar-refractivity contribution is 7.80. The molecule has 1 atom stereocenters. The molecule has 2 aromatic carbocycles. The van der Waals surface area contributed by atoms with Gasteiger partial charge in [0, 0.05) is 12.2 Å². The van der Waals surface area contributed by atoms with Crippen LogP contribution in [-0.4, -0.2) is 18.0 Å². The molecule has 0 aliphatic rings. The van der Waals surface area contributed by atoms with Crippen molar-refractivity contribution in [2.75, 3.05) is 11.9 Å². The molecule has 0 heterocycles. The predicted molar refractivity (Wildman–Crippen MR) is 92.2 cm³/mol. The maximum absolute atomic E-state index is 12.1. The zero-order valence-corrected chi connectivity index (χ0v) is 13.7. The first-order valence-corrected chi connectivity index (χ1v) is 7.70. The molecular weight excluding hydrogens is 337 g/mol. The second-order valence-electron chi connectivity index (χ2n) is 5.22. The maximum atomic E-state index is 12.1. The summed E-state index contributed by atoms with van der Waals surface area (Å²) >= 11 is 5.19. The third-order valence-corrected chi connectivity index (χ3v) is 3.53. The van der Waals surface area contributed by atoms with Crippen LogP contribution < -0.4 is 15.4 Å². The van der Waals surface area contributed by atoms with Crippen molar-refractivity contribution in [2.45, 2.75) is 19.2 Å². The molecule has 0 fully saturated rings. The van der Waals surface area contributed by atoms with Gasteiger partial charge in [-0.25, -0.2) is 0 Å². The summed E-state index contributed by atoms with van der Waals surface area (Å²) in [4.78, 5) is 0. The van der Waals surface area contributed by atoms with E-state index in [9.17, 15) is 13.2 Å². The third-order valence-electron chi connectivity index (χ3n) is 3.28. The maximum Gasteiger partial charge on any atom is 0.573 e. The van der Waals surface area contributed by atoms with Crippen molar-refractivity contribution in [2.24, 2.45) is 0 Å². The predicted octanol–water partition coefficient (Wildman–Crippen LogP) is 4.68. The molecule has 2 N–H and O–H groups in total. The summed E-state index contributed by atoms with van der Waals surface area (Å²) in [5.41, 5.74) is 1.77. The van der Waals surface area contributed by atoms with Crippen LogP contribution in [0, 0.1) is 0 Å². The molecule has 128 valence electrons. The minimum absolute atomic E-state index is 0.272. The first kappa shape index (κ1) is 18.1. The summed E-state index contributed by atoms with van der Waals surface area (Å²) in [6.07, 6.45) is -4.70. The Labute approximate surface area is 143 Å². The number of alkyl halides is 3. The lowest BCUT2D eigenvalue weighted by Crippen LogP contribution is -2.31. The number of thiocarbonyl (C=S) groups is 1. The first-order valence-electron chi connectivity index (χ1n) is 7.29. The van der Waals surface area contributed by atoms with E-state index in [1.54, 1.807) is 0 Å². The van der Waals surface area contributed by atoms with Gasteiger partial charge in [-0.2, -0.15) is 0 Å². The van der Waals surface area contributed by atoms with E-state index in [0.29, 0.717) is 17.3 Å². The fourth-order valence-electron chi connectivity index (χ4n) is 2.06. The monoisotopic (exact) mass is 354 g/mol. The van der Waals surface area contributed by atoms with Crippen LogP contribution in [0.15, 0.2) is 54.6 Å². The average Bonchev–Trinajstić information content (AvgIpc) is 2.54. The molecule has 7 heteroatoms. The molecule has 24 heavy (non-hydrogen) atoms. The van der Waals surface area contributed by atoms with E-state index in [1.165, 1.54) is 29.8 Å².